The van der Waals surface area contributed by atoms with Crippen molar-refractivity contribution < 1.29 is 105 Å². The number of ketones is 1. The molecular weight excluding hydrogens is 1920 g/mol. The number of Topliss-reactive ketones (excluding diaryl/α,β-unsaturated/α-hetero) is 1. The minimum Gasteiger partial charge on any atom is -0.478 e. The lowest BCUT2D eigenvalue weighted by Gasteiger charge is -2.26. The summed E-state index contributed by atoms with van der Waals surface area (Å²) >= 11 is 6.14. The van der Waals surface area contributed by atoms with Gasteiger partial charge < -0.3 is 47.0 Å². The standard InChI is InChI=1S/C22H20N2O4S.C21H18N2O5S.C20H15FN2O5S.C19H21ClN2O3S.C19H24N2O5S/c1-15-11-12-18(22(26)23-19-8-4-3-5-9-19)14-21(15)29(27,28)24-20-10-6-7-17(13-20)16(2)25;1-14-7-8-16(20(24)22-17-5-3-2-4-6-17)13-19(14)29(27,28)23-18-11-9-15(10-12-18)21(25)26;21-15-7-9-16(10-8-15)23-29(27,28)18-6-2-3-13(12-18)19(24)22-17-5-1-4-14(11-17)20(25)26;20-18-10-9-16(26(24,25)22-11-5-2-6-12-22)13-17(18)19(23)21-14-15-7-3-1-4-8-15;1-14-3-7-17(8-4-14)20-19(24)16-6-5-15(2)18(13-16)27(25,26)21(9-11-22)10-12-23/h3-14,24H,1-2H3,(H,23,26);2-13,23H,1H3,(H,22,24)(H,25,26);1-12,23H,(H,22,24)(H,25,26);1,3-4,7-10,13H,2,5-6,11-12,14H2,(H,21,23);3-8,13,22-23H,9-12H2,1-2H3,(H,20,24). The van der Waals surface area contributed by atoms with Crippen molar-refractivity contribution in [2.45, 2.75) is 84.9 Å². The number of benzene rings is 13. The lowest BCUT2D eigenvalue weighted by molar-refractivity contribution is 0.0686. The molecule has 0 radical (unpaired) electrons. The zero-order chi connectivity index (χ0) is 102. The number of rotatable bonds is 31. The average Bonchev–Trinajstić information content (AvgIpc) is 0.838. The number of hydrogen-bond acceptors (Lipinski definition) is 20. The summed E-state index contributed by atoms with van der Waals surface area (Å²) in [6, 6.07) is 79.5. The summed E-state index contributed by atoms with van der Waals surface area (Å²) in [6.07, 6.45) is 2.76. The van der Waals surface area contributed by atoms with E-state index < -0.39 is 97.4 Å². The molecule has 140 heavy (non-hydrogen) atoms. The minimum absolute atomic E-state index is 0.00243. The number of aliphatic hydroxyl groups excluding tert-OH is 2. The third-order valence-corrected chi connectivity index (χ3v) is 29.5. The van der Waals surface area contributed by atoms with Gasteiger partial charge in [0.1, 0.15) is 5.82 Å². The van der Waals surface area contributed by atoms with Crippen LogP contribution in [0.4, 0.5) is 44.2 Å². The maximum atomic E-state index is 13.0. The topological polar surface area (TPSA) is 491 Å². The Hall–Kier alpha value is -15.0. The van der Waals surface area contributed by atoms with Crippen LogP contribution in [0, 0.1) is 33.5 Å². The molecule has 39 heteroatoms. The van der Waals surface area contributed by atoms with Gasteiger partial charge >= 0.3 is 11.9 Å². The summed E-state index contributed by atoms with van der Waals surface area (Å²) < 4.78 is 151. The van der Waals surface area contributed by atoms with E-state index in [-0.39, 0.29) is 123 Å². The number of carboxylic acids is 2. The lowest BCUT2D eigenvalue weighted by atomic mass is 10.1. The molecule has 0 unspecified atom stereocenters. The zero-order valence-electron chi connectivity index (χ0n) is 75.8. The Bertz CT molecular complexity index is 7280. The Kier molecular flexibility index (Phi) is 37.7. The first-order valence-corrected chi connectivity index (χ1v) is 50.5. The number of aryl methyl sites for hydroxylation is 4. The number of aromatic carboxylic acids is 2. The van der Waals surface area contributed by atoms with Crippen LogP contribution in [-0.4, -0.2) is 158 Å². The lowest BCUT2D eigenvalue weighted by Crippen LogP contribution is -2.36. The summed E-state index contributed by atoms with van der Waals surface area (Å²) in [4.78, 5) is 95.8. The number of carbonyl (C=O) groups excluding carboxylic acids is 6. The second-order valence-corrected chi connectivity index (χ2v) is 40.5. The first kappa shape index (κ1) is 107. The fourth-order valence-electron chi connectivity index (χ4n) is 13.4. The van der Waals surface area contributed by atoms with Crippen molar-refractivity contribution >= 4 is 149 Å². The zero-order valence-corrected chi connectivity index (χ0v) is 80.7. The van der Waals surface area contributed by atoms with Crippen molar-refractivity contribution in [3.63, 3.8) is 0 Å². The normalized spacial score (nSPS) is 11.9. The van der Waals surface area contributed by atoms with E-state index in [0.29, 0.717) is 59.0 Å². The van der Waals surface area contributed by atoms with Crippen LogP contribution in [0.3, 0.4) is 0 Å². The SMILES string of the molecule is CC(=O)c1cccc(NS(=O)(=O)c2cc(C(=O)Nc3ccccc3)ccc2C)c1.Cc1ccc(C(=O)Nc2ccccc2)cc1S(=O)(=O)Nc1ccc(C(=O)O)cc1.Cc1ccc(NC(=O)c2ccc(C)c(S(=O)(=O)N(CCO)CCO)c2)cc1.O=C(NCc1ccccc1)c1cc(S(=O)(=O)N2CCCCC2)ccc1Cl.O=C(O)c1cccc(NC(=O)c2cccc(S(=O)(=O)Nc3ccc(F)cc3)c2)c1. The van der Waals surface area contributed by atoms with Crippen molar-refractivity contribution in [3.05, 3.63) is 393 Å². The van der Waals surface area contributed by atoms with Crippen LogP contribution in [0.5, 0.6) is 0 Å². The van der Waals surface area contributed by atoms with E-state index in [1.54, 1.807) is 136 Å². The van der Waals surface area contributed by atoms with Crippen LogP contribution in [0.2, 0.25) is 5.02 Å². The largest absolute Gasteiger partial charge is 0.478 e. The van der Waals surface area contributed by atoms with Crippen LogP contribution in [0.1, 0.15) is 137 Å². The Morgan fingerprint density at radius 3 is 1.25 bits per heavy atom. The summed E-state index contributed by atoms with van der Waals surface area (Å²) in [5.41, 5.74) is 7.49. The van der Waals surface area contributed by atoms with Crippen molar-refractivity contribution in [3.8, 4) is 0 Å². The van der Waals surface area contributed by atoms with Gasteiger partial charge in [0.15, 0.2) is 5.78 Å². The number of halogens is 2. The number of carboxylic acid groups (broad SMARTS) is 2. The molecule has 14 rings (SSSR count). The van der Waals surface area contributed by atoms with E-state index in [4.69, 9.17) is 32.0 Å². The Morgan fingerprint density at radius 2 is 0.757 bits per heavy atom. The summed E-state index contributed by atoms with van der Waals surface area (Å²) in [5.74, 6) is -5.18. The molecule has 0 atom stereocenters. The molecule has 13 aromatic carbocycles. The first-order valence-electron chi connectivity index (χ1n) is 42.8. The number of hydrogen-bond donors (Lipinski definition) is 12. The number of sulfonamides is 5. The molecule has 5 amide bonds. The van der Waals surface area contributed by atoms with Crippen LogP contribution in [0.15, 0.2) is 334 Å². The van der Waals surface area contributed by atoms with E-state index in [9.17, 15) is 84.8 Å². The second-order valence-electron chi connectivity index (χ2n) is 31.2. The van der Waals surface area contributed by atoms with Crippen LogP contribution in [0.25, 0.3) is 0 Å². The van der Waals surface area contributed by atoms with E-state index in [1.165, 1.54) is 139 Å². The molecule has 1 fully saturated rings. The molecule has 1 saturated heterocycles. The van der Waals surface area contributed by atoms with Gasteiger partial charge in [0, 0.05) is 100 Å². The maximum Gasteiger partial charge on any atom is 0.335 e. The molecule has 1 aliphatic rings. The smallest absolute Gasteiger partial charge is 0.335 e. The molecule has 728 valence electrons. The highest BCUT2D eigenvalue weighted by atomic mass is 35.5. The van der Waals surface area contributed by atoms with Gasteiger partial charge in [-0.05, 0) is 258 Å². The predicted octanol–water partition coefficient (Wildman–Crippen LogP) is 16.5. The number of nitrogens with zero attached hydrogens (tertiary/aromatic N) is 2. The van der Waals surface area contributed by atoms with Crippen LogP contribution >= 0.6 is 11.6 Å². The first-order chi connectivity index (χ1) is 66.5. The Morgan fingerprint density at radius 1 is 0.364 bits per heavy atom. The van der Waals surface area contributed by atoms with Gasteiger partial charge in [-0.2, -0.15) is 8.61 Å². The van der Waals surface area contributed by atoms with Gasteiger partial charge in [-0.25, -0.2) is 56.1 Å². The molecule has 12 N–H and O–H groups in total. The van der Waals surface area contributed by atoms with Gasteiger partial charge in [0.05, 0.1) is 59.4 Å². The number of amides is 5. The van der Waals surface area contributed by atoms with E-state index in [0.717, 1.165) is 46.8 Å². The molecule has 0 aromatic heterocycles. The Labute approximate surface area is 814 Å². The number of aliphatic hydroxyl groups is 2. The molecule has 32 nitrogen and oxygen atoms in total. The van der Waals surface area contributed by atoms with Crippen molar-refractivity contribution in [1.82, 2.24) is 13.9 Å². The number of carbonyl (C=O) groups is 8. The molecule has 1 heterocycles. The fourth-order valence-corrected chi connectivity index (χ4v) is 20.6. The highest BCUT2D eigenvalue weighted by Crippen LogP contribution is 2.31. The van der Waals surface area contributed by atoms with Gasteiger partial charge in [-0.3, -0.25) is 42.9 Å². The summed E-state index contributed by atoms with van der Waals surface area (Å²) in [6.45, 7) is 8.62. The minimum atomic E-state index is -4.00. The van der Waals surface area contributed by atoms with Crippen molar-refractivity contribution in [2.24, 2.45) is 0 Å². The second kappa shape index (κ2) is 49.4. The highest BCUT2D eigenvalue weighted by Gasteiger charge is 2.31. The van der Waals surface area contributed by atoms with Gasteiger partial charge in [0.25, 0.3) is 59.6 Å². The summed E-state index contributed by atoms with van der Waals surface area (Å²) in [7, 11) is -19.5. The Balaban J connectivity index is 0.000000180. The molecule has 0 saturated carbocycles. The fraction of sp³-hybridized carbons (Fsp3) is 0.149. The van der Waals surface area contributed by atoms with E-state index >= 15 is 0 Å². The third-order valence-electron chi connectivity index (χ3n) is 20.8. The monoisotopic (exact) mass is 2020 g/mol. The molecule has 1 aliphatic heterocycles. The summed E-state index contributed by atoms with van der Waals surface area (Å²) in [5, 5.41) is 49.9. The highest BCUT2D eigenvalue weighted by molar-refractivity contribution is 7.93. The van der Waals surface area contributed by atoms with Gasteiger partial charge in [-0.15, -0.1) is 0 Å². The third kappa shape index (κ3) is 30.5. The molecule has 0 bridgehead atoms. The number of anilines is 7. The van der Waals surface area contributed by atoms with Gasteiger partial charge in [0.2, 0.25) is 20.0 Å². The van der Waals surface area contributed by atoms with Crippen molar-refractivity contribution in [1.29, 1.82) is 0 Å². The average molecular weight is 2020 g/mol. The van der Waals surface area contributed by atoms with E-state index in [2.05, 4.69) is 40.8 Å². The molecule has 13 aromatic rings. The van der Waals surface area contributed by atoms with Gasteiger partial charge in [-0.1, -0.05) is 145 Å². The van der Waals surface area contributed by atoms with E-state index in [1.807, 2.05) is 61.5 Å². The number of para-hydroxylation sites is 2. The molecule has 0 aliphatic carbocycles. The maximum absolute atomic E-state index is 13.0. The van der Waals surface area contributed by atoms with Crippen LogP contribution in [-0.2, 0) is 56.7 Å². The quantitative estimate of drug-likeness (QED) is 0.0180. The molecule has 0 spiro atoms. The van der Waals surface area contributed by atoms with Crippen LogP contribution < -0.4 is 40.8 Å². The predicted molar refractivity (Wildman–Crippen MR) is 533 cm³/mol. The van der Waals surface area contributed by atoms with Crippen molar-refractivity contribution in [2.75, 3.05) is 74.8 Å². The number of nitrogens with one attached hydrogen (secondary N) is 8. The number of piperidine rings is 1. The molecular formula is C101H98ClFN10O22S5.